The highest BCUT2D eigenvalue weighted by Gasteiger charge is 2.25. The maximum absolute atomic E-state index is 12.9. The van der Waals surface area contributed by atoms with Crippen molar-refractivity contribution in [2.45, 2.75) is 26.2 Å². The fourth-order valence-corrected chi connectivity index (χ4v) is 3.12. The van der Waals surface area contributed by atoms with E-state index in [2.05, 4.69) is 10.2 Å². The zero-order valence-corrected chi connectivity index (χ0v) is 14.2. The van der Waals surface area contributed by atoms with Crippen molar-refractivity contribution in [3.05, 3.63) is 51.7 Å². The van der Waals surface area contributed by atoms with E-state index in [4.69, 9.17) is 4.74 Å². The summed E-state index contributed by atoms with van der Waals surface area (Å²) in [5.74, 6) is 0.518. The predicted molar refractivity (Wildman–Crippen MR) is 91.1 cm³/mol. The average molecular weight is 347 g/mol. The number of amides is 1. The molecule has 1 aliphatic heterocycles. The van der Waals surface area contributed by atoms with E-state index in [0.717, 1.165) is 12.8 Å². The first-order chi connectivity index (χ1) is 12.0. The molecule has 6 nitrogen and oxygen atoms in total. The molecule has 0 saturated carbocycles. The first-order valence-corrected chi connectivity index (χ1v) is 8.45. The number of aromatic amines is 2. The number of hydrogen-bond donors (Lipinski definition) is 2. The number of carbonyl (C=O) groups is 1. The summed E-state index contributed by atoms with van der Waals surface area (Å²) in [5, 5.41) is 5.24. The Kier molecular flexibility index (Phi) is 5.21. The number of ether oxygens (including phenoxy) is 1. The first kappa shape index (κ1) is 17.3. The van der Waals surface area contributed by atoms with Crippen LogP contribution < -0.4 is 10.3 Å². The fraction of sp³-hybridized carbons (Fsp3) is 0.444. The maximum Gasteiger partial charge on any atom is 0.267 e. The molecule has 0 aliphatic carbocycles. The Hall–Kier alpha value is -2.57. The second-order valence-corrected chi connectivity index (χ2v) is 6.47. The van der Waals surface area contributed by atoms with E-state index in [-0.39, 0.29) is 29.6 Å². The molecule has 3 rings (SSSR count). The van der Waals surface area contributed by atoms with Crippen molar-refractivity contribution in [1.82, 2.24) is 15.1 Å². The smallest absolute Gasteiger partial charge is 0.267 e. The molecule has 0 bridgehead atoms. The second-order valence-electron chi connectivity index (χ2n) is 6.47. The summed E-state index contributed by atoms with van der Waals surface area (Å²) < 4.78 is 18.6. The Balaban J connectivity index is 1.54. The summed E-state index contributed by atoms with van der Waals surface area (Å²) in [6.07, 6.45) is 2.00. The Labute approximate surface area is 145 Å². The minimum Gasteiger partial charge on any atom is -0.493 e. The summed E-state index contributed by atoms with van der Waals surface area (Å²) in [6, 6.07) is 5.93. The first-order valence-electron chi connectivity index (χ1n) is 8.45. The number of carbonyl (C=O) groups excluding carboxylic acids is 1. The van der Waals surface area contributed by atoms with Crippen LogP contribution in [0.1, 0.15) is 24.1 Å². The Morgan fingerprint density at radius 3 is 2.76 bits per heavy atom. The standard InChI is InChI=1S/C18H22FN3O3/c1-12-16(18(24)21-20-12)9-17(23)22-8-2-3-13(10-22)11-25-15-6-4-14(19)5-7-15/h4-7,13H,2-3,8-11H2,1H3,(H2,20,21,24)/t13-/m1/s1. The van der Waals surface area contributed by atoms with Crippen LogP contribution >= 0.6 is 0 Å². The van der Waals surface area contributed by atoms with Crippen LogP contribution in [0.5, 0.6) is 5.75 Å². The lowest BCUT2D eigenvalue weighted by molar-refractivity contribution is -0.132. The fourth-order valence-electron chi connectivity index (χ4n) is 3.12. The molecular weight excluding hydrogens is 325 g/mol. The molecule has 0 radical (unpaired) electrons. The largest absolute Gasteiger partial charge is 0.493 e. The third-order valence-corrected chi connectivity index (χ3v) is 4.59. The molecule has 1 aromatic heterocycles. The molecule has 25 heavy (non-hydrogen) atoms. The Morgan fingerprint density at radius 2 is 2.08 bits per heavy atom. The third-order valence-electron chi connectivity index (χ3n) is 4.59. The number of rotatable bonds is 5. The van der Waals surface area contributed by atoms with Gasteiger partial charge < -0.3 is 14.7 Å². The highest BCUT2D eigenvalue weighted by atomic mass is 19.1. The number of hydrogen-bond acceptors (Lipinski definition) is 3. The maximum atomic E-state index is 12.9. The molecule has 2 aromatic rings. The van der Waals surface area contributed by atoms with Gasteiger partial charge in [0, 0.05) is 30.3 Å². The van der Waals surface area contributed by atoms with E-state index in [1.54, 1.807) is 24.0 Å². The van der Waals surface area contributed by atoms with Crippen molar-refractivity contribution in [3.63, 3.8) is 0 Å². The van der Waals surface area contributed by atoms with E-state index in [0.29, 0.717) is 36.7 Å². The number of nitrogens with one attached hydrogen (secondary N) is 2. The van der Waals surface area contributed by atoms with Crippen molar-refractivity contribution >= 4 is 5.91 Å². The summed E-state index contributed by atoms with van der Waals surface area (Å²) in [5.41, 5.74) is 0.959. The second kappa shape index (κ2) is 7.55. The molecule has 7 heteroatoms. The lowest BCUT2D eigenvalue weighted by atomic mass is 9.98. The van der Waals surface area contributed by atoms with Gasteiger partial charge >= 0.3 is 0 Å². The zero-order chi connectivity index (χ0) is 17.8. The van der Waals surface area contributed by atoms with E-state index >= 15 is 0 Å². The summed E-state index contributed by atoms with van der Waals surface area (Å²) in [4.78, 5) is 26.0. The number of aryl methyl sites for hydroxylation is 1. The van der Waals surface area contributed by atoms with Gasteiger partial charge in [0.1, 0.15) is 11.6 Å². The van der Waals surface area contributed by atoms with Crippen molar-refractivity contribution in [2.24, 2.45) is 5.92 Å². The number of H-pyrrole nitrogens is 2. The summed E-state index contributed by atoms with van der Waals surface area (Å²) in [6.45, 7) is 3.57. The number of aromatic nitrogens is 2. The molecule has 0 unspecified atom stereocenters. The van der Waals surface area contributed by atoms with E-state index in [1.165, 1.54) is 12.1 Å². The van der Waals surface area contributed by atoms with Crippen LogP contribution in [0.3, 0.4) is 0 Å². The molecule has 2 heterocycles. The lowest BCUT2D eigenvalue weighted by Gasteiger charge is -2.32. The molecular formula is C18H22FN3O3. The normalized spacial score (nSPS) is 17.5. The Bertz CT molecular complexity index is 782. The SMILES string of the molecule is Cc1[nH][nH]c(=O)c1CC(=O)N1CCC[C@@H](COc2ccc(F)cc2)C1. The number of benzene rings is 1. The van der Waals surface area contributed by atoms with Gasteiger partial charge in [0.25, 0.3) is 5.56 Å². The highest BCUT2D eigenvalue weighted by Crippen LogP contribution is 2.20. The van der Waals surface area contributed by atoms with Gasteiger partial charge in [-0.2, -0.15) is 0 Å². The molecule has 1 aliphatic rings. The topological polar surface area (TPSA) is 78.2 Å². The Morgan fingerprint density at radius 1 is 1.32 bits per heavy atom. The van der Waals surface area contributed by atoms with Gasteiger partial charge in [-0.05, 0) is 44.0 Å². The van der Waals surface area contributed by atoms with Crippen LogP contribution in [0.25, 0.3) is 0 Å². The molecule has 1 saturated heterocycles. The van der Waals surface area contributed by atoms with Gasteiger partial charge in [-0.25, -0.2) is 4.39 Å². The minimum absolute atomic E-state index is 0.0420. The monoisotopic (exact) mass is 347 g/mol. The molecule has 1 aromatic carbocycles. The van der Waals surface area contributed by atoms with Crippen molar-refractivity contribution in [2.75, 3.05) is 19.7 Å². The molecule has 134 valence electrons. The highest BCUT2D eigenvalue weighted by molar-refractivity contribution is 5.79. The number of halogens is 1. The van der Waals surface area contributed by atoms with E-state index < -0.39 is 0 Å². The van der Waals surface area contributed by atoms with Crippen LogP contribution in [-0.2, 0) is 11.2 Å². The zero-order valence-electron chi connectivity index (χ0n) is 14.2. The quantitative estimate of drug-likeness (QED) is 0.868. The molecule has 1 amide bonds. The van der Waals surface area contributed by atoms with Crippen LogP contribution in [-0.4, -0.2) is 40.7 Å². The van der Waals surface area contributed by atoms with Gasteiger partial charge in [-0.3, -0.25) is 14.7 Å². The number of likely N-dealkylation sites (tertiary alicyclic amines) is 1. The molecule has 1 fully saturated rings. The molecule has 0 spiro atoms. The van der Waals surface area contributed by atoms with Crippen LogP contribution in [0.15, 0.2) is 29.1 Å². The van der Waals surface area contributed by atoms with Gasteiger partial charge in [0.2, 0.25) is 5.91 Å². The predicted octanol–water partition coefficient (Wildman–Crippen LogP) is 2.01. The summed E-state index contributed by atoms with van der Waals surface area (Å²) >= 11 is 0. The number of nitrogens with zero attached hydrogens (tertiary/aromatic N) is 1. The van der Waals surface area contributed by atoms with Gasteiger partial charge in [-0.1, -0.05) is 0 Å². The average Bonchev–Trinajstić information content (AvgIpc) is 2.93. The third kappa shape index (κ3) is 4.29. The van der Waals surface area contributed by atoms with Crippen LogP contribution in [0.4, 0.5) is 4.39 Å². The lowest BCUT2D eigenvalue weighted by Crippen LogP contribution is -2.42. The van der Waals surface area contributed by atoms with Crippen molar-refractivity contribution in [3.8, 4) is 5.75 Å². The number of piperidine rings is 1. The molecule has 1 atom stereocenters. The van der Waals surface area contributed by atoms with Crippen LogP contribution in [0, 0.1) is 18.7 Å². The molecule has 2 N–H and O–H groups in total. The van der Waals surface area contributed by atoms with Gasteiger partial charge in [0.15, 0.2) is 0 Å². The van der Waals surface area contributed by atoms with E-state index in [1.807, 2.05) is 0 Å². The van der Waals surface area contributed by atoms with Gasteiger partial charge in [-0.15, -0.1) is 0 Å². The van der Waals surface area contributed by atoms with Gasteiger partial charge in [0.05, 0.1) is 13.0 Å². The minimum atomic E-state index is -0.295. The van der Waals surface area contributed by atoms with E-state index in [9.17, 15) is 14.0 Å². The summed E-state index contributed by atoms with van der Waals surface area (Å²) in [7, 11) is 0. The van der Waals surface area contributed by atoms with Crippen LogP contribution in [0.2, 0.25) is 0 Å². The van der Waals surface area contributed by atoms with Crippen molar-refractivity contribution in [1.29, 1.82) is 0 Å². The van der Waals surface area contributed by atoms with Crippen molar-refractivity contribution < 1.29 is 13.9 Å².